The van der Waals surface area contributed by atoms with Gasteiger partial charge in [0, 0.05) is 26.4 Å². The van der Waals surface area contributed by atoms with Crippen molar-refractivity contribution in [3.05, 3.63) is 12.3 Å². The molecule has 1 aliphatic heterocycles. The van der Waals surface area contributed by atoms with E-state index < -0.39 is 0 Å². The molecule has 7 nitrogen and oxygen atoms in total. The number of nitrogens with zero attached hydrogens (tertiary/aromatic N) is 3. The number of amides is 2. The van der Waals surface area contributed by atoms with Crippen LogP contribution in [0.2, 0.25) is 0 Å². The van der Waals surface area contributed by atoms with Crippen LogP contribution in [-0.2, 0) is 16.1 Å². The van der Waals surface area contributed by atoms with E-state index in [2.05, 4.69) is 15.7 Å². The number of hydrogen-bond donors (Lipinski definition) is 2. The van der Waals surface area contributed by atoms with E-state index in [0.717, 1.165) is 19.4 Å². The van der Waals surface area contributed by atoms with Crippen LogP contribution in [0.1, 0.15) is 12.8 Å². The number of nitrogens with one attached hydrogen (secondary N) is 2. The Hall–Kier alpha value is -1.60. The third-order valence-electron chi connectivity index (χ3n) is 3.06. The maximum atomic E-state index is 11.9. The van der Waals surface area contributed by atoms with Crippen LogP contribution in [0, 0.1) is 0 Å². The lowest BCUT2D eigenvalue weighted by molar-refractivity contribution is -0.129. The summed E-state index contributed by atoms with van der Waals surface area (Å²) in [7, 11) is 3.39. The first-order chi connectivity index (χ1) is 9.06. The fourth-order valence-corrected chi connectivity index (χ4v) is 1.92. The number of aromatic nitrogens is 2. The van der Waals surface area contributed by atoms with Crippen LogP contribution in [0.25, 0.3) is 0 Å². The largest absolute Gasteiger partial charge is 0.347 e. The predicted octanol–water partition coefficient (Wildman–Crippen LogP) is 0.0836. The molecule has 0 radical (unpaired) electrons. The Morgan fingerprint density at radius 2 is 2.30 bits per heavy atom. The lowest BCUT2D eigenvalue weighted by Crippen LogP contribution is -2.35. The maximum absolute atomic E-state index is 11.9. The van der Waals surface area contributed by atoms with Crippen molar-refractivity contribution in [2.45, 2.75) is 25.4 Å². The normalized spacial score (nSPS) is 17.4. The van der Waals surface area contributed by atoms with Crippen LogP contribution < -0.4 is 10.6 Å². The SMILES string of the molecule is CN(C)C(=O)Cn1ccc(NC(=O)C2CCCN2)n1.Cl. The van der Waals surface area contributed by atoms with E-state index in [-0.39, 0.29) is 36.8 Å². The Bertz CT molecular complexity index is 468. The maximum Gasteiger partial charge on any atom is 0.243 e. The van der Waals surface area contributed by atoms with Crippen molar-refractivity contribution in [1.82, 2.24) is 20.0 Å². The molecule has 1 aliphatic rings. The van der Waals surface area contributed by atoms with E-state index in [1.807, 2.05) is 0 Å². The zero-order chi connectivity index (χ0) is 13.8. The van der Waals surface area contributed by atoms with Gasteiger partial charge < -0.3 is 15.5 Å². The fourth-order valence-electron chi connectivity index (χ4n) is 1.92. The highest BCUT2D eigenvalue weighted by Crippen LogP contribution is 2.09. The second-order valence-electron chi connectivity index (χ2n) is 4.82. The average molecular weight is 302 g/mol. The molecule has 2 N–H and O–H groups in total. The monoisotopic (exact) mass is 301 g/mol. The first-order valence-corrected chi connectivity index (χ1v) is 6.34. The molecule has 112 valence electrons. The minimum absolute atomic E-state index is 0. The molecular formula is C12H20ClN5O2. The van der Waals surface area contributed by atoms with Gasteiger partial charge in [0.15, 0.2) is 5.82 Å². The smallest absolute Gasteiger partial charge is 0.243 e. The molecule has 0 aliphatic carbocycles. The number of carbonyl (C=O) groups excluding carboxylic acids is 2. The van der Waals surface area contributed by atoms with Gasteiger partial charge in [-0.3, -0.25) is 14.3 Å². The number of anilines is 1. The summed E-state index contributed by atoms with van der Waals surface area (Å²) in [5, 5.41) is 10.0. The first kappa shape index (κ1) is 16.5. The lowest BCUT2D eigenvalue weighted by atomic mass is 10.2. The zero-order valence-electron chi connectivity index (χ0n) is 11.6. The minimum Gasteiger partial charge on any atom is -0.347 e. The Morgan fingerprint density at radius 3 is 2.90 bits per heavy atom. The van der Waals surface area contributed by atoms with Gasteiger partial charge in [0.05, 0.1) is 6.04 Å². The molecule has 0 saturated carbocycles. The molecule has 8 heteroatoms. The Labute approximate surface area is 124 Å². The quantitative estimate of drug-likeness (QED) is 0.826. The molecule has 0 bridgehead atoms. The number of rotatable bonds is 4. The minimum atomic E-state index is -0.131. The summed E-state index contributed by atoms with van der Waals surface area (Å²) in [5.41, 5.74) is 0. The predicted molar refractivity (Wildman–Crippen MR) is 77.8 cm³/mol. The summed E-state index contributed by atoms with van der Waals surface area (Å²) in [6.07, 6.45) is 3.55. The van der Waals surface area contributed by atoms with E-state index >= 15 is 0 Å². The zero-order valence-corrected chi connectivity index (χ0v) is 12.4. The van der Waals surface area contributed by atoms with Gasteiger partial charge in [0.25, 0.3) is 0 Å². The van der Waals surface area contributed by atoms with Crippen molar-refractivity contribution < 1.29 is 9.59 Å². The van der Waals surface area contributed by atoms with Crippen molar-refractivity contribution >= 4 is 30.0 Å². The highest BCUT2D eigenvalue weighted by Gasteiger charge is 2.22. The number of hydrogen-bond acceptors (Lipinski definition) is 4. The standard InChI is InChI=1S/C12H19N5O2.ClH/c1-16(2)11(18)8-17-7-5-10(15-17)14-12(19)9-4-3-6-13-9;/h5,7,9,13H,3-4,6,8H2,1-2H3,(H,14,15,19);1H. The third kappa shape index (κ3) is 4.21. The highest BCUT2D eigenvalue weighted by atomic mass is 35.5. The molecule has 1 unspecified atom stereocenters. The van der Waals surface area contributed by atoms with Gasteiger partial charge in [-0.25, -0.2) is 0 Å². The third-order valence-corrected chi connectivity index (χ3v) is 3.06. The Morgan fingerprint density at radius 1 is 1.55 bits per heavy atom. The molecule has 0 spiro atoms. The van der Waals surface area contributed by atoms with E-state index in [9.17, 15) is 9.59 Å². The van der Waals surface area contributed by atoms with Gasteiger partial charge in [-0.2, -0.15) is 5.10 Å². The molecule has 1 aromatic heterocycles. The van der Waals surface area contributed by atoms with Gasteiger partial charge >= 0.3 is 0 Å². The molecule has 0 aromatic carbocycles. The summed E-state index contributed by atoms with van der Waals surface area (Å²) in [5.74, 6) is 0.366. The van der Waals surface area contributed by atoms with Gasteiger partial charge in [-0.05, 0) is 19.4 Å². The molecule has 1 saturated heterocycles. The topological polar surface area (TPSA) is 79.3 Å². The van der Waals surface area contributed by atoms with Crippen molar-refractivity contribution in [3.8, 4) is 0 Å². The summed E-state index contributed by atoms with van der Waals surface area (Å²) < 4.78 is 1.51. The molecule has 1 aromatic rings. The van der Waals surface area contributed by atoms with E-state index in [1.165, 1.54) is 9.58 Å². The molecule has 1 atom stereocenters. The number of carbonyl (C=O) groups is 2. The van der Waals surface area contributed by atoms with E-state index in [4.69, 9.17) is 0 Å². The van der Waals surface area contributed by atoms with Crippen LogP contribution in [-0.4, -0.2) is 53.2 Å². The van der Waals surface area contributed by atoms with E-state index in [1.54, 1.807) is 26.4 Å². The molecule has 2 amide bonds. The van der Waals surface area contributed by atoms with Crippen molar-refractivity contribution in [2.75, 3.05) is 26.0 Å². The van der Waals surface area contributed by atoms with Crippen LogP contribution in [0.5, 0.6) is 0 Å². The second-order valence-corrected chi connectivity index (χ2v) is 4.82. The molecule has 20 heavy (non-hydrogen) atoms. The van der Waals surface area contributed by atoms with Crippen LogP contribution in [0.4, 0.5) is 5.82 Å². The Balaban J connectivity index is 0.00000200. The number of halogens is 1. The van der Waals surface area contributed by atoms with Gasteiger partial charge in [0.2, 0.25) is 11.8 Å². The molecular weight excluding hydrogens is 282 g/mol. The average Bonchev–Trinajstić information content (AvgIpc) is 3.00. The van der Waals surface area contributed by atoms with Gasteiger partial charge in [0.1, 0.15) is 6.54 Å². The Kier molecular flexibility index (Phi) is 5.97. The summed E-state index contributed by atoms with van der Waals surface area (Å²) in [4.78, 5) is 24.9. The summed E-state index contributed by atoms with van der Waals surface area (Å²) >= 11 is 0. The second kappa shape index (κ2) is 7.25. The fraction of sp³-hybridized carbons (Fsp3) is 0.583. The summed E-state index contributed by atoms with van der Waals surface area (Å²) in [6.45, 7) is 1.05. The van der Waals surface area contributed by atoms with Crippen LogP contribution >= 0.6 is 12.4 Å². The van der Waals surface area contributed by atoms with Crippen molar-refractivity contribution in [2.24, 2.45) is 0 Å². The molecule has 1 fully saturated rings. The van der Waals surface area contributed by atoms with E-state index in [0.29, 0.717) is 5.82 Å². The first-order valence-electron chi connectivity index (χ1n) is 6.34. The molecule has 2 rings (SSSR count). The van der Waals surface area contributed by atoms with Crippen molar-refractivity contribution in [1.29, 1.82) is 0 Å². The lowest BCUT2D eigenvalue weighted by Gasteiger charge is -2.10. The van der Waals surface area contributed by atoms with Crippen LogP contribution in [0.15, 0.2) is 12.3 Å². The molecule has 2 heterocycles. The van der Waals surface area contributed by atoms with Crippen molar-refractivity contribution in [3.63, 3.8) is 0 Å². The van der Waals surface area contributed by atoms with Gasteiger partial charge in [-0.15, -0.1) is 12.4 Å². The van der Waals surface area contributed by atoms with Gasteiger partial charge in [-0.1, -0.05) is 0 Å². The number of likely N-dealkylation sites (N-methyl/N-ethyl adjacent to an activating group) is 1. The summed E-state index contributed by atoms with van der Waals surface area (Å²) in [6, 6.07) is 1.56. The van der Waals surface area contributed by atoms with Crippen LogP contribution in [0.3, 0.4) is 0 Å². The highest BCUT2D eigenvalue weighted by molar-refractivity contribution is 5.94.